The Bertz CT molecular complexity index is 760. The first-order valence-corrected chi connectivity index (χ1v) is 6.80. The molecular formula is C18H16FNO. The molecule has 3 aromatic rings. The SMILES string of the molecule is NC(O)(Cc1ccc(F)cc1)c1cccc2ccccc12. The molecule has 0 aromatic heterocycles. The fourth-order valence-electron chi connectivity index (χ4n) is 2.61. The largest absolute Gasteiger partial charge is 0.371 e. The molecule has 2 nitrogen and oxygen atoms in total. The molecule has 0 saturated carbocycles. The van der Waals surface area contributed by atoms with E-state index in [1.54, 1.807) is 12.1 Å². The molecule has 3 N–H and O–H groups in total. The standard InChI is InChI=1S/C18H16FNO/c19-15-10-8-13(9-11-15)12-18(20,21)17-7-3-5-14-4-1-2-6-16(14)17/h1-11,21H,12,20H2. The van der Waals surface area contributed by atoms with Gasteiger partial charge in [-0.1, -0.05) is 54.6 Å². The minimum atomic E-state index is -1.50. The molecule has 0 aliphatic heterocycles. The van der Waals surface area contributed by atoms with Crippen molar-refractivity contribution < 1.29 is 9.50 Å². The van der Waals surface area contributed by atoms with Crippen molar-refractivity contribution in [3.63, 3.8) is 0 Å². The van der Waals surface area contributed by atoms with Crippen LogP contribution in [0.3, 0.4) is 0 Å². The highest BCUT2D eigenvalue weighted by atomic mass is 19.1. The van der Waals surface area contributed by atoms with Gasteiger partial charge in [0, 0.05) is 12.0 Å². The lowest BCUT2D eigenvalue weighted by Gasteiger charge is -2.25. The summed E-state index contributed by atoms with van der Waals surface area (Å²) in [6, 6.07) is 19.5. The zero-order valence-electron chi connectivity index (χ0n) is 11.5. The summed E-state index contributed by atoms with van der Waals surface area (Å²) in [7, 11) is 0. The summed E-state index contributed by atoms with van der Waals surface area (Å²) < 4.78 is 13.0. The molecule has 0 aliphatic rings. The van der Waals surface area contributed by atoms with Crippen LogP contribution in [-0.2, 0) is 12.1 Å². The fourth-order valence-corrected chi connectivity index (χ4v) is 2.61. The summed E-state index contributed by atoms with van der Waals surface area (Å²) >= 11 is 0. The molecule has 3 heteroatoms. The number of benzene rings is 3. The topological polar surface area (TPSA) is 46.2 Å². The Hall–Kier alpha value is -2.23. The lowest BCUT2D eigenvalue weighted by atomic mass is 9.91. The summed E-state index contributed by atoms with van der Waals surface area (Å²) in [5.41, 5.74) is 6.09. The van der Waals surface area contributed by atoms with Crippen molar-refractivity contribution in [3.05, 3.63) is 83.7 Å². The number of fused-ring (bicyclic) bond motifs is 1. The van der Waals surface area contributed by atoms with E-state index in [4.69, 9.17) is 5.73 Å². The lowest BCUT2D eigenvalue weighted by molar-refractivity contribution is 0.0454. The first-order chi connectivity index (χ1) is 10.1. The van der Waals surface area contributed by atoms with E-state index in [1.807, 2.05) is 42.5 Å². The van der Waals surface area contributed by atoms with Crippen LogP contribution in [-0.4, -0.2) is 5.11 Å². The Balaban J connectivity index is 2.01. The lowest BCUT2D eigenvalue weighted by Crippen LogP contribution is -2.38. The second kappa shape index (κ2) is 5.28. The van der Waals surface area contributed by atoms with Gasteiger partial charge in [-0.3, -0.25) is 5.73 Å². The Morgan fingerprint density at radius 2 is 1.57 bits per heavy atom. The molecule has 0 fully saturated rings. The Morgan fingerprint density at radius 1 is 0.905 bits per heavy atom. The molecule has 0 saturated heterocycles. The van der Waals surface area contributed by atoms with Crippen LogP contribution in [0.1, 0.15) is 11.1 Å². The average molecular weight is 281 g/mol. The van der Waals surface area contributed by atoms with Crippen LogP contribution in [0.4, 0.5) is 4.39 Å². The normalized spacial score (nSPS) is 14.0. The van der Waals surface area contributed by atoms with Gasteiger partial charge in [0.25, 0.3) is 0 Å². The third kappa shape index (κ3) is 2.79. The second-order valence-electron chi connectivity index (χ2n) is 5.25. The van der Waals surface area contributed by atoms with E-state index in [9.17, 15) is 9.50 Å². The summed E-state index contributed by atoms with van der Waals surface area (Å²) in [5.74, 6) is -0.301. The van der Waals surface area contributed by atoms with Crippen LogP contribution < -0.4 is 5.73 Å². The number of hydrogen-bond donors (Lipinski definition) is 2. The van der Waals surface area contributed by atoms with Gasteiger partial charge in [0.2, 0.25) is 0 Å². The van der Waals surface area contributed by atoms with Crippen LogP contribution in [0.5, 0.6) is 0 Å². The van der Waals surface area contributed by atoms with Crippen molar-refractivity contribution in [1.82, 2.24) is 0 Å². The van der Waals surface area contributed by atoms with Crippen LogP contribution in [0.2, 0.25) is 0 Å². The first-order valence-electron chi connectivity index (χ1n) is 6.80. The molecule has 0 radical (unpaired) electrons. The molecule has 106 valence electrons. The van der Waals surface area contributed by atoms with E-state index in [1.165, 1.54) is 12.1 Å². The van der Waals surface area contributed by atoms with E-state index in [2.05, 4.69) is 0 Å². The van der Waals surface area contributed by atoms with Gasteiger partial charge in [0.05, 0.1) is 0 Å². The third-order valence-electron chi connectivity index (χ3n) is 3.64. The van der Waals surface area contributed by atoms with E-state index in [0.29, 0.717) is 5.56 Å². The van der Waals surface area contributed by atoms with Crippen LogP contribution in [0, 0.1) is 5.82 Å². The molecule has 21 heavy (non-hydrogen) atoms. The maximum absolute atomic E-state index is 13.0. The number of rotatable bonds is 3. The maximum atomic E-state index is 13.0. The molecule has 0 bridgehead atoms. The quantitative estimate of drug-likeness (QED) is 0.723. The summed E-state index contributed by atoms with van der Waals surface area (Å²) in [6.45, 7) is 0. The Morgan fingerprint density at radius 3 is 2.33 bits per heavy atom. The first kappa shape index (κ1) is 13.7. The smallest absolute Gasteiger partial charge is 0.144 e. The zero-order chi connectivity index (χ0) is 14.9. The fraction of sp³-hybridized carbons (Fsp3) is 0.111. The molecule has 1 atom stereocenters. The predicted molar refractivity (Wildman–Crippen MR) is 82.1 cm³/mol. The van der Waals surface area contributed by atoms with Gasteiger partial charge in [-0.25, -0.2) is 4.39 Å². The van der Waals surface area contributed by atoms with E-state index in [0.717, 1.165) is 16.3 Å². The molecule has 0 spiro atoms. The van der Waals surface area contributed by atoms with Crippen molar-refractivity contribution in [2.24, 2.45) is 5.73 Å². The highest BCUT2D eigenvalue weighted by Gasteiger charge is 2.26. The Kier molecular flexibility index (Phi) is 3.45. The second-order valence-corrected chi connectivity index (χ2v) is 5.25. The van der Waals surface area contributed by atoms with E-state index >= 15 is 0 Å². The summed E-state index contributed by atoms with van der Waals surface area (Å²) in [4.78, 5) is 0. The van der Waals surface area contributed by atoms with Gasteiger partial charge in [-0.05, 0) is 28.5 Å². The molecule has 3 rings (SSSR count). The average Bonchev–Trinajstić information content (AvgIpc) is 2.49. The van der Waals surface area contributed by atoms with Gasteiger partial charge in [0.1, 0.15) is 11.5 Å². The minimum Gasteiger partial charge on any atom is -0.371 e. The maximum Gasteiger partial charge on any atom is 0.144 e. The molecule has 0 amide bonds. The Labute approximate surface area is 122 Å². The van der Waals surface area contributed by atoms with Crippen LogP contribution >= 0.6 is 0 Å². The van der Waals surface area contributed by atoms with Crippen LogP contribution in [0.25, 0.3) is 10.8 Å². The van der Waals surface area contributed by atoms with Gasteiger partial charge < -0.3 is 5.11 Å². The highest BCUT2D eigenvalue weighted by Crippen LogP contribution is 2.28. The van der Waals surface area contributed by atoms with Crippen molar-refractivity contribution in [2.75, 3.05) is 0 Å². The summed E-state index contributed by atoms with van der Waals surface area (Å²) in [6.07, 6.45) is 0.223. The third-order valence-corrected chi connectivity index (χ3v) is 3.64. The molecule has 0 heterocycles. The van der Waals surface area contributed by atoms with Gasteiger partial charge in [-0.2, -0.15) is 0 Å². The van der Waals surface area contributed by atoms with Crippen molar-refractivity contribution in [3.8, 4) is 0 Å². The van der Waals surface area contributed by atoms with Gasteiger partial charge in [0.15, 0.2) is 0 Å². The van der Waals surface area contributed by atoms with Crippen molar-refractivity contribution in [1.29, 1.82) is 0 Å². The van der Waals surface area contributed by atoms with E-state index in [-0.39, 0.29) is 12.2 Å². The molecule has 1 unspecified atom stereocenters. The highest BCUT2D eigenvalue weighted by molar-refractivity contribution is 5.86. The molecule has 0 aliphatic carbocycles. The van der Waals surface area contributed by atoms with Crippen molar-refractivity contribution >= 4 is 10.8 Å². The van der Waals surface area contributed by atoms with E-state index < -0.39 is 5.72 Å². The number of halogens is 1. The predicted octanol–water partition coefficient (Wildman–Crippen LogP) is 3.33. The number of hydrogen-bond acceptors (Lipinski definition) is 2. The van der Waals surface area contributed by atoms with Crippen LogP contribution in [0.15, 0.2) is 66.7 Å². The molecular weight excluding hydrogens is 265 g/mol. The summed E-state index contributed by atoms with van der Waals surface area (Å²) in [5, 5.41) is 12.6. The van der Waals surface area contributed by atoms with Gasteiger partial charge in [-0.15, -0.1) is 0 Å². The number of nitrogens with two attached hydrogens (primary N) is 1. The van der Waals surface area contributed by atoms with Crippen molar-refractivity contribution in [2.45, 2.75) is 12.1 Å². The number of aliphatic hydroxyl groups is 1. The monoisotopic (exact) mass is 281 g/mol. The molecule has 3 aromatic carbocycles. The van der Waals surface area contributed by atoms with Gasteiger partial charge >= 0.3 is 0 Å². The zero-order valence-corrected chi connectivity index (χ0v) is 11.5. The minimum absolute atomic E-state index is 0.223.